The maximum absolute atomic E-state index is 11.5. The van der Waals surface area contributed by atoms with E-state index in [0.29, 0.717) is 42.6 Å². The Hall–Kier alpha value is -3.07. The van der Waals surface area contributed by atoms with Gasteiger partial charge >= 0.3 is 6.09 Å². The van der Waals surface area contributed by atoms with Gasteiger partial charge in [0, 0.05) is 30.7 Å². The molecule has 2 aliphatic heterocycles. The van der Waals surface area contributed by atoms with Gasteiger partial charge in [0.25, 0.3) is 6.01 Å². The molecule has 4 heterocycles. The topological polar surface area (TPSA) is 91.9 Å². The van der Waals surface area contributed by atoms with Crippen molar-refractivity contribution in [1.82, 2.24) is 14.9 Å². The molecule has 2 bridgehead atoms. The van der Waals surface area contributed by atoms with E-state index < -0.39 is 6.09 Å². The van der Waals surface area contributed by atoms with Crippen LogP contribution in [0.5, 0.6) is 5.75 Å². The number of hydrogen-bond donors (Lipinski definition) is 1. The van der Waals surface area contributed by atoms with Crippen LogP contribution < -0.4 is 9.64 Å². The molecule has 2 aliphatic rings. The fourth-order valence-electron chi connectivity index (χ4n) is 4.26. The maximum Gasteiger partial charge on any atom is 0.407 e. The van der Waals surface area contributed by atoms with Crippen LogP contribution in [0.4, 0.5) is 10.8 Å². The predicted molar refractivity (Wildman–Crippen MR) is 110 cm³/mol. The number of fused-ring (bicyclic) bond motifs is 3. The van der Waals surface area contributed by atoms with Crippen LogP contribution in [0.3, 0.4) is 0 Å². The van der Waals surface area contributed by atoms with E-state index >= 15 is 0 Å². The lowest BCUT2D eigenvalue weighted by Crippen LogP contribution is -2.55. The summed E-state index contributed by atoms with van der Waals surface area (Å²) in [6.45, 7) is 5.26. The van der Waals surface area contributed by atoms with Gasteiger partial charge in [-0.2, -0.15) is 4.98 Å². The first-order valence-corrected chi connectivity index (χ1v) is 10.4. The minimum atomic E-state index is -0.843. The molecule has 3 aromatic rings. The van der Waals surface area contributed by atoms with Gasteiger partial charge in [0.15, 0.2) is 5.58 Å². The third kappa shape index (κ3) is 3.11. The molecule has 1 amide bonds. The molecule has 1 aromatic carbocycles. The molecule has 8 nitrogen and oxygen atoms in total. The van der Waals surface area contributed by atoms with E-state index in [1.54, 1.807) is 17.2 Å². The summed E-state index contributed by atoms with van der Waals surface area (Å²) in [5, 5.41) is 12.2. The van der Waals surface area contributed by atoms with Crippen molar-refractivity contribution in [2.75, 3.05) is 24.6 Å². The van der Waals surface area contributed by atoms with E-state index in [-0.39, 0.29) is 12.1 Å². The number of benzene rings is 1. The Morgan fingerprint density at radius 2 is 2.17 bits per heavy atom. The molecular formula is C20H20N4O4S. The lowest BCUT2D eigenvalue weighted by Gasteiger charge is -2.38. The Morgan fingerprint density at radius 3 is 2.83 bits per heavy atom. The van der Waals surface area contributed by atoms with Crippen molar-refractivity contribution in [3.63, 3.8) is 0 Å². The zero-order valence-corrected chi connectivity index (χ0v) is 16.5. The summed E-state index contributed by atoms with van der Waals surface area (Å²) >= 11 is 1.52. The van der Waals surface area contributed by atoms with Crippen molar-refractivity contribution in [1.29, 1.82) is 0 Å². The highest BCUT2D eigenvalue weighted by Crippen LogP contribution is 2.38. The van der Waals surface area contributed by atoms with Crippen molar-refractivity contribution in [3.05, 3.63) is 36.4 Å². The number of thiazole rings is 1. The van der Waals surface area contributed by atoms with Crippen LogP contribution in [-0.4, -0.2) is 57.8 Å². The third-order valence-electron chi connectivity index (χ3n) is 5.46. The van der Waals surface area contributed by atoms with E-state index in [1.165, 1.54) is 11.3 Å². The Bertz CT molecular complexity index is 1050. The summed E-state index contributed by atoms with van der Waals surface area (Å²) in [5.41, 5.74) is 2.19. The number of hydrogen-bond acceptors (Lipinski definition) is 7. The van der Waals surface area contributed by atoms with Gasteiger partial charge in [-0.25, -0.2) is 9.78 Å². The van der Waals surface area contributed by atoms with Gasteiger partial charge < -0.3 is 19.2 Å². The zero-order valence-electron chi connectivity index (χ0n) is 15.7. The minimum Gasteiger partial charge on any atom is -0.489 e. The summed E-state index contributed by atoms with van der Waals surface area (Å²) in [4.78, 5) is 24.3. The van der Waals surface area contributed by atoms with Gasteiger partial charge in [0.2, 0.25) is 0 Å². The number of amides is 1. The quantitative estimate of drug-likeness (QED) is 0.637. The highest BCUT2D eigenvalue weighted by atomic mass is 32.1. The van der Waals surface area contributed by atoms with Crippen molar-refractivity contribution in [2.45, 2.75) is 24.9 Å². The Morgan fingerprint density at radius 1 is 1.38 bits per heavy atom. The zero-order chi connectivity index (χ0) is 20.0. The monoisotopic (exact) mass is 412 g/mol. The number of nitrogens with zero attached hydrogens (tertiary/aromatic N) is 4. The van der Waals surface area contributed by atoms with Gasteiger partial charge in [-0.15, -0.1) is 11.3 Å². The first kappa shape index (κ1) is 18.0. The number of ether oxygens (including phenoxy) is 1. The number of piperazine rings is 1. The van der Waals surface area contributed by atoms with Crippen molar-refractivity contribution in [3.8, 4) is 16.3 Å². The molecule has 0 aliphatic carbocycles. The van der Waals surface area contributed by atoms with Crippen molar-refractivity contribution < 1.29 is 19.1 Å². The van der Waals surface area contributed by atoms with Gasteiger partial charge in [-0.1, -0.05) is 12.7 Å². The number of rotatable bonds is 5. The molecule has 2 saturated heterocycles. The highest BCUT2D eigenvalue weighted by molar-refractivity contribution is 7.13. The van der Waals surface area contributed by atoms with Crippen LogP contribution >= 0.6 is 11.3 Å². The molecule has 9 heteroatoms. The Labute approximate surface area is 171 Å². The highest BCUT2D eigenvalue weighted by Gasteiger charge is 2.43. The molecule has 0 spiro atoms. The maximum atomic E-state index is 11.5. The normalized spacial score (nSPS) is 21.0. The molecule has 1 N–H and O–H groups in total. The molecule has 0 saturated carbocycles. The minimum absolute atomic E-state index is 0.0221. The van der Waals surface area contributed by atoms with Crippen LogP contribution in [0.15, 0.2) is 40.8 Å². The predicted octanol–water partition coefficient (Wildman–Crippen LogP) is 3.85. The number of aromatic nitrogens is 2. The van der Waals surface area contributed by atoms with E-state index in [2.05, 4.69) is 16.5 Å². The standard InChI is InChI=1S/C20H20N4O4S/c1-2-6-27-14-8-15(18-21-5-7-29-18)17-16(9-14)22-19(28-17)23-10-12-3-4-13(11-23)24(12)20(25)26/h2,5,7-9,12-13H,1,3-4,6,10-11H2,(H,25,26). The third-order valence-corrected chi connectivity index (χ3v) is 6.26. The average Bonchev–Trinajstić information content (AvgIpc) is 3.43. The second kappa shape index (κ2) is 7.07. The molecular weight excluding hydrogens is 392 g/mol. The summed E-state index contributed by atoms with van der Waals surface area (Å²) in [6, 6.07) is 4.23. The molecule has 0 radical (unpaired) electrons. The van der Waals surface area contributed by atoms with Crippen LogP contribution in [-0.2, 0) is 0 Å². The Kier molecular flexibility index (Phi) is 4.39. The molecule has 150 valence electrons. The fourth-order valence-corrected chi connectivity index (χ4v) is 4.91. The largest absolute Gasteiger partial charge is 0.489 e. The molecule has 2 fully saturated rings. The molecule has 2 aromatic heterocycles. The van der Waals surface area contributed by atoms with Gasteiger partial charge in [0.1, 0.15) is 22.9 Å². The molecule has 5 rings (SSSR count). The second-order valence-electron chi connectivity index (χ2n) is 7.23. The van der Waals surface area contributed by atoms with E-state index in [4.69, 9.17) is 14.1 Å². The summed E-state index contributed by atoms with van der Waals surface area (Å²) in [7, 11) is 0. The SMILES string of the molecule is C=CCOc1cc(-c2nccs2)c2oc(N3CC4CCC(C3)N4C(=O)O)nc2c1. The molecule has 2 atom stereocenters. The van der Waals surface area contributed by atoms with Gasteiger partial charge in [0.05, 0.1) is 17.6 Å². The first-order chi connectivity index (χ1) is 14.1. The average molecular weight is 412 g/mol. The van der Waals surface area contributed by atoms with E-state index in [0.717, 1.165) is 23.4 Å². The lowest BCUT2D eigenvalue weighted by atomic mass is 10.2. The summed E-state index contributed by atoms with van der Waals surface area (Å²) < 4.78 is 11.9. The van der Waals surface area contributed by atoms with Crippen molar-refractivity contribution >= 4 is 34.5 Å². The van der Waals surface area contributed by atoms with Crippen LogP contribution in [0, 0.1) is 0 Å². The van der Waals surface area contributed by atoms with Crippen LogP contribution in [0.25, 0.3) is 21.7 Å². The van der Waals surface area contributed by atoms with Crippen LogP contribution in [0.2, 0.25) is 0 Å². The molecule has 2 unspecified atom stereocenters. The number of oxazole rings is 1. The second-order valence-corrected chi connectivity index (χ2v) is 8.13. The summed E-state index contributed by atoms with van der Waals surface area (Å²) in [6.07, 6.45) is 4.35. The van der Waals surface area contributed by atoms with Crippen molar-refractivity contribution in [2.24, 2.45) is 0 Å². The number of anilines is 1. The van der Waals surface area contributed by atoms with Gasteiger partial charge in [-0.3, -0.25) is 4.90 Å². The smallest absolute Gasteiger partial charge is 0.407 e. The van der Waals surface area contributed by atoms with E-state index in [1.807, 2.05) is 17.5 Å². The molecule has 29 heavy (non-hydrogen) atoms. The number of carbonyl (C=O) groups is 1. The number of carboxylic acid groups (broad SMARTS) is 1. The first-order valence-electron chi connectivity index (χ1n) is 9.48. The van der Waals surface area contributed by atoms with E-state index in [9.17, 15) is 9.90 Å². The summed E-state index contributed by atoms with van der Waals surface area (Å²) in [5.74, 6) is 0.679. The van der Waals surface area contributed by atoms with Gasteiger partial charge in [-0.05, 0) is 18.9 Å². The fraction of sp³-hybridized carbons (Fsp3) is 0.350. The van der Waals surface area contributed by atoms with Crippen LogP contribution in [0.1, 0.15) is 12.8 Å². The Balaban J connectivity index is 1.52. The lowest BCUT2D eigenvalue weighted by molar-refractivity contribution is 0.114.